The van der Waals surface area contributed by atoms with E-state index in [0.717, 1.165) is 5.56 Å². The van der Waals surface area contributed by atoms with E-state index in [2.05, 4.69) is 9.64 Å². The first-order chi connectivity index (χ1) is 10.9. The van der Waals surface area contributed by atoms with Gasteiger partial charge >= 0.3 is 5.97 Å². The number of fused-ring (bicyclic) bond motifs is 1. The lowest BCUT2D eigenvalue weighted by Gasteiger charge is -2.34. The molecule has 0 aromatic heterocycles. The third-order valence-corrected chi connectivity index (χ3v) is 4.87. The van der Waals surface area contributed by atoms with Crippen molar-refractivity contribution in [2.24, 2.45) is 5.92 Å². The third-order valence-electron chi connectivity index (χ3n) is 4.87. The average molecular weight is 320 g/mol. The zero-order valence-corrected chi connectivity index (χ0v) is 13.4. The maximum Gasteiger partial charge on any atom is 0.337 e. The van der Waals surface area contributed by atoms with Gasteiger partial charge in [-0.15, -0.1) is 0 Å². The molecule has 2 fully saturated rings. The average Bonchev–Trinajstić information content (AvgIpc) is 2.79. The summed E-state index contributed by atoms with van der Waals surface area (Å²) in [5.74, 6) is -1.05. The minimum atomic E-state index is -1.71. The zero-order chi connectivity index (χ0) is 16.6. The number of hydrogen-bond donors (Lipinski definition) is 0. The number of hydrogen-bond acceptors (Lipinski definition) is 4. The van der Waals surface area contributed by atoms with Crippen LogP contribution in [-0.4, -0.2) is 61.1 Å². The number of ether oxygens (including phenoxy) is 1. The molecule has 2 saturated heterocycles. The molecule has 1 amide bonds. The van der Waals surface area contributed by atoms with Crippen LogP contribution in [0.5, 0.6) is 0 Å². The number of carbonyl (C=O) groups excluding carboxylic acids is 2. The first-order valence-corrected chi connectivity index (χ1v) is 7.78. The maximum absolute atomic E-state index is 15.0. The highest BCUT2D eigenvalue weighted by atomic mass is 19.1. The molecule has 0 spiro atoms. The van der Waals surface area contributed by atoms with Gasteiger partial charge < -0.3 is 14.5 Å². The van der Waals surface area contributed by atoms with Crippen LogP contribution in [0.1, 0.15) is 22.3 Å². The number of piperidine rings is 1. The highest BCUT2D eigenvalue weighted by Crippen LogP contribution is 2.39. The Bertz CT molecular complexity index is 619. The quantitative estimate of drug-likeness (QED) is 0.792. The van der Waals surface area contributed by atoms with Crippen LogP contribution in [0, 0.1) is 5.92 Å². The number of nitrogens with zero attached hydrogens (tertiary/aromatic N) is 2. The van der Waals surface area contributed by atoms with Crippen LogP contribution in [0.4, 0.5) is 4.39 Å². The Balaban J connectivity index is 1.71. The fourth-order valence-corrected chi connectivity index (χ4v) is 3.49. The molecule has 0 saturated carbocycles. The number of amides is 1. The fourth-order valence-electron chi connectivity index (χ4n) is 3.49. The number of benzene rings is 1. The van der Waals surface area contributed by atoms with Crippen LogP contribution < -0.4 is 0 Å². The molecule has 2 atom stereocenters. The highest BCUT2D eigenvalue weighted by Gasteiger charge is 2.56. The lowest BCUT2D eigenvalue weighted by Crippen LogP contribution is -2.49. The van der Waals surface area contributed by atoms with E-state index < -0.39 is 17.5 Å². The minimum absolute atomic E-state index is 0.261. The van der Waals surface area contributed by atoms with E-state index in [0.29, 0.717) is 31.7 Å². The number of rotatable bonds is 3. The lowest BCUT2D eigenvalue weighted by atomic mass is 9.85. The molecule has 2 aliphatic rings. The number of esters is 1. The Labute approximate surface area is 135 Å². The molecule has 0 unspecified atom stereocenters. The Hall–Kier alpha value is -1.95. The van der Waals surface area contributed by atoms with E-state index >= 15 is 4.39 Å². The van der Waals surface area contributed by atoms with Gasteiger partial charge in [-0.3, -0.25) is 4.79 Å². The summed E-state index contributed by atoms with van der Waals surface area (Å²) in [6, 6.07) is 6.87. The van der Waals surface area contributed by atoms with Crippen molar-refractivity contribution in [3.8, 4) is 0 Å². The molecule has 0 N–H and O–H groups in total. The van der Waals surface area contributed by atoms with Crippen LogP contribution in [0.25, 0.3) is 0 Å². The first kappa shape index (κ1) is 15.9. The summed E-state index contributed by atoms with van der Waals surface area (Å²) in [4.78, 5) is 27.5. The van der Waals surface area contributed by atoms with Gasteiger partial charge in [0.15, 0.2) is 5.67 Å². The number of halogens is 1. The second-order valence-corrected chi connectivity index (χ2v) is 6.45. The number of methoxy groups -OCH3 is 1. The van der Waals surface area contributed by atoms with Gasteiger partial charge in [0.2, 0.25) is 0 Å². The topological polar surface area (TPSA) is 49.9 Å². The van der Waals surface area contributed by atoms with Gasteiger partial charge in [-0.2, -0.15) is 0 Å². The Morgan fingerprint density at radius 1 is 1.35 bits per heavy atom. The fraction of sp³-hybridized carbons (Fsp3) is 0.529. The molecule has 0 aliphatic carbocycles. The summed E-state index contributed by atoms with van der Waals surface area (Å²) in [6.07, 6.45) is 0.269. The normalized spacial score (nSPS) is 27.9. The molecule has 0 radical (unpaired) electrons. The molecule has 124 valence electrons. The van der Waals surface area contributed by atoms with Crippen molar-refractivity contribution in [1.82, 2.24) is 9.80 Å². The summed E-state index contributed by atoms with van der Waals surface area (Å²) in [5, 5.41) is 0. The van der Waals surface area contributed by atoms with Gasteiger partial charge in [0.05, 0.1) is 12.7 Å². The van der Waals surface area contributed by atoms with Gasteiger partial charge in [0, 0.05) is 38.5 Å². The molecular formula is C17H21FN2O3. The molecular weight excluding hydrogens is 299 g/mol. The van der Waals surface area contributed by atoms with Crippen molar-refractivity contribution in [1.29, 1.82) is 0 Å². The Kier molecular flexibility index (Phi) is 4.10. The van der Waals surface area contributed by atoms with Crippen molar-refractivity contribution in [2.75, 3.05) is 33.8 Å². The second-order valence-electron chi connectivity index (χ2n) is 6.45. The van der Waals surface area contributed by atoms with Crippen LogP contribution in [-0.2, 0) is 16.1 Å². The van der Waals surface area contributed by atoms with Crippen LogP contribution in [0.2, 0.25) is 0 Å². The van der Waals surface area contributed by atoms with E-state index in [1.165, 1.54) is 7.11 Å². The summed E-state index contributed by atoms with van der Waals surface area (Å²) in [7, 11) is 3.29. The Morgan fingerprint density at radius 2 is 2.04 bits per heavy atom. The van der Waals surface area contributed by atoms with Gasteiger partial charge in [0.25, 0.3) is 5.91 Å². The number of likely N-dealkylation sites (tertiary alicyclic amines) is 2. The molecule has 6 heteroatoms. The standard InChI is InChI=1S/C17H21FN2O3/c1-19-8-7-17(18)14(10-19)11-20(16(17)22)9-12-3-5-13(6-4-12)15(21)23-2/h3-6,14H,7-11H2,1-2H3/t14-,17+/m0/s1. The van der Waals surface area contributed by atoms with E-state index in [4.69, 9.17) is 0 Å². The van der Waals surface area contributed by atoms with Crippen LogP contribution >= 0.6 is 0 Å². The predicted molar refractivity (Wildman–Crippen MR) is 82.6 cm³/mol. The van der Waals surface area contributed by atoms with Crippen molar-refractivity contribution >= 4 is 11.9 Å². The summed E-state index contributed by atoms with van der Waals surface area (Å²) >= 11 is 0. The molecule has 1 aromatic carbocycles. The smallest absolute Gasteiger partial charge is 0.337 e. The maximum atomic E-state index is 15.0. The molecule has 1 aromatic rings. The van der Waals surface area contributed by atoms with Crippen molar-refractivity contribution < 1.29 is 18.7 Å². The van der Waals surface area contributed by atoms with E-state index in [-0.39, 0.29) is 12.3 Å². The zero-order valence-electron chi connectivity index (χ0n) is 13.4. The molecule has 23 heavy (non-hydrogen) atoms. The van der Waals surface area contributed by atoms with Gasteiger partial charge in [-0.05, 0) is 24.7 Å². The molecule has 2 heterocycles. The molecule has 5 nitrogen and oxygen atoms in total. The lowest BCUT2D eigenvalue weighted by molar-refractivity contribution is -0.141. The molecule has 0 bridgehead atoms. The first-order valence-electron chi connectivity index (χ1n) is 7.78. The van der Waals surface area contributed by atoms with E-state index in [1.54, 1.807) is 29.2 Å². The monoisotopic (exact) mass is 320 g/mol. The van der Waals surface area contributed by atoms with E-state index in [1.807, 2.05) is 7.05 Å². The third kappa shape index (κ3) is 2.83. The van der Waals surface area contributed by atoms with Gasteiger partial charge in [-0.25, -0.2) is 9.18 Å². The number of alkyl halides is 1. The van der Waals surface area contributed by atoms with Crippen molar-refractivity contribution in [3.63, 3.8) is 0 Å². The van der Waals surface area contributed by atoms with E-state index in [9.17, 15) is 9.59 Å². The van der Waals surface area contributed by atoms with Gasteiger partial charge in [-0.1, -0.05) is 12.1 Å². The summed E-state index contributed by atoms with van der Waals surface area (Å²) in [5.41, 5.74) is -0.374. The Morgan fingerprint density at radius 3 is 2.70 bits per heavy atom. The highest BCUT2D eigenvalue weighted by molar-refractivity contribution is 5.89. The summed E-state index contributed by atoms with van der Waals surface area (Å²) in [6.45, 7) is 2.03. The molecule has 3 rings (SSSR count). The van der Waals surface area contributed by atoms with Crippen molar-refractivity contribution in [3.05, 3.63) is 35.4 Å². The molecule has 2 aliphatic heterocycles. The predicted octanol–water partition coefficient (Wildman–Crippen LogP) is 1.48. The minimum Gasteiger partial charge on any atom is -0.465 e. The second kappa shape index (κ2) is 5.92. The largest absolute Gasteiger partial charge is 0.465 e. The van der Waals surface area contributed by atoms with Crippen LogP contribution in [0.15, 0.2) is 24.3 Å². The van der Waals surface area contributed by atoms with Crippen LogP contribution in [0.3, 0.4) is 0 Å². The van der Waals surface area contributed by atoms with Gasteiger partial charge in [0.1, 0.15) is 0 Å². The summed E-state index contributed by atoms with van der Waals surface area (Å²) < 4.78 is 19.7. The van der Waals surface area contributed by atoms with Crippen molar-refractivity contribution in [2.45, 2.75) is 18.6 Å². The SMILES string of the molecule is COC(=O)c1ccc(CN2C[C@@H]3CN(C)CC[C@]3(F)C2=O)cc1. The number of carbonyl (C=O) groups is 2.